The summed E-state index contributed by atoms with van der Waals surface area (Å²) in [6, 6.07) is 2.03. The van der Waals surface area contributed by atoms with Gasteiger partial charge in [-0.2, -0.15) is 5.10 Å². The fraction of sp³-hybridized carbons (Fsp3) is 0.778. The van der Waals surface area contributed by atoms with Gasteiger partial charge in [0.25, 0.3) is 0 Å². The number of nitrogens with zero attached hydrogens (tertiary/aromatic N) is 3. The van der Waals surface area contributed by atoms with Crippen molar-refractivity contribution in [3.8, 4) is 0 Å². The molecule has 138 valence electrons. The molecule has 25 heavy (non-hydrogen) atoms. The molecular formula is C18H27N3O4. The number of rotatable bonds is 3. The summed E-state index contributed by atoms with van der Waals surface area (Å²) < 4.78 is 13.1. The minimum absolute atomic E-state index is 0.00967. The van der Waals surface area contributed by atoms with Crippen LogP contribution in [0.15, 0.2) is 12.3 Å². The van der Waals surface area contributed by atoms with Crippen LogP contribution in [-0.2, 0) is 27.7 Å². The molecule has 3 aliphatic heterocycles. The normalized spacial score (nSPS) is 35.1. The number of aryl methyl sites for hydroxylation is 2. The number of amides is 1. The molecule has 0 unspecified atom stereocenters. The highest BCUT2D eigenvalue weighted by atomic mass is 16.5. The first-order valence-corrected chi connectivity index (χ1v) is 9.24. The van der Waals surface area contributed by atoms with Gasteiger partial charge in [0.1, 0.15) is 0 Å². The number of piperidine rings is 1. The summed E-state index contributed by atoms with van der Waals surface area (Å²) in [4.78, 5) is 15.0. The number of ether oxygens (including phenoxy) is 2. The van der Waals surface area contributed by atoms with Gasteiger partial charge in [-0.3, -0.25) is 9.48 Å². The molecule has 0 saturated carbocycles. The Morgan fingerprint density at radius 2 is 2.24 bits per heavy atom. The second-order valence-corrected chi connectivity index (χ2v) is 7.54. The Morgan fingerprint density at radius 3 is 3.04 bits per heavy atom. The first kappa shape index (κ1) is 17.0. The fourth-order valence-corrected chi connectivity index (χ4v) is 4.77. The number of carbonyl (C=O) groups is 1. The molecule has 1 amide bonds. The van der Waals surface area contributed by atoms with Crippen LogP contribution >= 0.6 is 0 Å². The Kier molecular flexibility index (Phi) is 4.56. The molecule has 1 aromatic heterocycles. The molecule has 7 heteroatoms. The van der Waals surface area contributed by atoms with Gasteiger partial charge in [-0.25, -0.2) is 0 Å². The predicted molar refractivity (Wildman–Crippen MR) is 89.8 cm³/mol. The molecule has 4 atom stereocenters. The Morgan fingerprint density at radius 1 is 1.40 bits per heavy atom. The van der Waals surface area contributed by atoms with E-state index in [2.05, 4.69) is 5.10 Å². The third-order valence-electron chi connectivity index (χ3n) is 6.29. The number of fused-ring (bicyclic) bond motifs is 3. The number of hydrogen-bond donors (Lipinski definition) is 1. The lowest BCUT2D eigenvalue weighted by atomic mass is 9.66. The van der Waals surface area contributed by atoms with Gasteiger partial charge >= 0.3 is 0 Å². The van der Waals surface area contributed by atoms with Crippen LogP contribution in [0.3, 0.4) is 0 Å². The van der Waals surface area contributed by atoms with E-state index in [-0.39, 0.29) is 23.8 Å². The second-order valence-electron chi connectivity index (χ2n) is 7.54. The number of carbonyl (C=O) groups excluding carboxylic acids is 1. The van der Waals surface area contributed by atoms with E-state index in [1.54, 1.807) is 6.20 Å². The number of aromatic nitrogens is 2. The van der Waals surface area contributed by atoms with E-state index in [1.807, 2.05) is 22.7 Å². The zero-order chi connectivity index (χ0) is 17.4. The third-order valence-corrected chi connectivity index (χ3v) is 6.29. The Hall–Kier alpha value is -1.44. The SMILES string of the molecule is Cn1nccc1CCC(=O)N1C[C@@H]2COCC[C@]2(O)[C@H]2COCC[C@H]21. The van der Waals surface area contributed by atoms with Crippen LogP contribution in [-0.4, -0.2) is 70.3 Å². The quantitative estimate of drug-likeness (QED) is 0.853. The number of hydrogen-bond acceptors (Lipinski definition) is 5. The van der Waals surface area contributed by atoms with Crippen LogP contribution < -0.4 is 0 Å². The van der Waals surface area contributed by atoms with Crippen LogP contribution in [0.25, 0.3) is 0 Å². The third kappa shape index (κ3) is 2.98. The molecule has 7 nitrogen and oxygen atoms in total. The molecule has 0 spiro atoms. The minimum atomic E-state index is -0.762. The van der Waals surface area contributed by atoms with E-state index in [1.165, 1.54) is 0 Å². The van der Waals surface area contributed by atoms with Gasteiger partial charge in [-0.15, -0.1) is 0 Å². The Bertz CT molecular complexity index is 634. The van der Waals surface area contributed by atoms with E-state index in [9.17, 15) is 9.90 Å². The molecule has 1 N–H and O–H groups in total. The number of aliphatic hydroxyl groups is 1. The molecule has 3 fully saturated rings. The summed E-state index contributed by atoms with van der Waals surface area (Å²) in [5, 5.41) is 15.5. The van der Waals surface area contributed by atoms with Gasteiger partial charge < -0.3 is 19.5 Å². The zero-order valence-corrected chi connectivity index (χ0v) is 14.8. The molecule has 0 bridgehead atoms. The van der Waals surface area contributed by atoms with Gasteiger partial charge in [0, 0.05) is 69.4 Å². The highest BCUT2D eigenvalue weighted by Crippen LogP contribution is 2.44. The van der Waals surface area contributed by atoms with Crippen LogP contribution in [0.5, 0.6) is 0 Å². The van der Waals surface area contributed by atoms with Crippen molar-refractivity contribution in [1.82, 2.24) is 14.7 Å². The van der Waals surface area contributed by atoms with Crippen molar-refractivity contribution >= 4 is 5.91 Å². The first-order chi connectivity index (χ1) is 12.1. The van der Waals surface area contributed by atoms with Crippen LogP contribution in [0.1, 0.15) is 25.0 Å². The standard InChI is InChI=1S/C18H27N3O4/c1-20-14(4-7-19-20)2-3-17(22)21-10-13-11-25-9-6-18(13,23)15-12-24-8-5-16(15)21/h4,7,13,15-16,23H,2-3,5-6,8-12H2,1H3/t13-,15+,16-,18-/m1/s1. The lowest BCUT2D eigenvalue weighted by Crippen LogP contribution is -2.68. The van der Waals surface area contributed by atoms with Crippen molar-refractivity contribution in [3.63, 3.8) is 0 Å². The van der Waals surface area contributed by atoms with E-state index >= 15 is 0 Å². The fourth-order valence-electron chi connectivity index (χ4n) is 4.77. The van der Waals surface area contributed by atoms with Crippen molar-refractivity contribution in [3.05, 3.63) is 18.0 Å². The van der Waals surface area contributed by atoms with Gasteiger partial charge in [-0.1, -0.05) is 0 Å². The molecule has 3 aliphatic rings. The molecule has 1 aromatic rings. The zero-order valence-electron chi connectivity index (χ0n) is 14.8. The van der Waals surface area contributed by atoms with Crippen LogP contribution in [0, 0.1) is 11.8 Å². The Labute approximate surface area is 147 Å². The smallest absolute Gasteiger partial charge is 0.223 e. The maximum atomic E-state index is 13.0. The van der Waals surface area contributed by atoms with Crippen molar-refractivity contribution < 1.29 is 19.4 Å². The molecular weight excluding hydrogens is 322 g/mol. The summed E-state index contributed by atoms with van der Waals surface area (Å²) in [6.07, 6.45) is 4.35. The van der Waals surface area contributed by atoms with Crippen molar-refractivity contribution in [2.24, 2.45) is 18.9 Å². The average Bonchev–Trinajstić information content (AvgIpc) is 3.04. The Balaban J connectivity index is 1.50. The summed E-state index contributed by atoms with van der Waals surface area (Å²) in [5.41, 5.74) is 0.300. The molecule has 0 aromatic carbocycles. The summed E-state index contributed by atoms with van der Waals surface area (Å²) in [7, 11) is 1.90. The average molecular weight is 349 g/mol. The maximum absolute atomic E-state index is 13.0. The van der Waals surface area contributed by atoms with Gasteiger partial charge in [0.15, 0.2) is 0 Å². The molecule has 3 saturated heterocycles. The van der Waals surface area contributed by atoms with Crippen LogP contribution in [0.4, 0.5) is 0 Å². The van der Waals surface area contributed by atoms with Crippen molar-refractivity contribution in [2.45, 2.75) is 37.3 Å². The van der Waals surface area contributed by atoms with Crippen molar-refractivity contribution in [2.75, 3.05) is 33.0 Å². The lowest BCUT2D eigenvalue weighted by Gasteiger charge is -2.57. The van der Waals surface area contributed by atoms with E-state index in [0.29, 0.717) is 52.2 Å². The van der Waals surface area contributed by atoms with E-state index in [0.717, 1.165) is 12.1 Å². The maximum Gasteiger partial charge on any atom is 0.223 e. The highest BCUT2D eigenvalue weighted by molar-refractivity contribution is 5.77. The molecule has 0 radical (unpaired) electrons. The largest absolute Gasteiger partial charge is 0.389 e. The molecule has 0 aliphatic carbocycles. The molecule has 4 rings (SSSR count). The van der Waals surface area contributed by atoms with E-state index < -0.39 is 5.60 Å². The first-order valence-electron chi connectivity index (χ1n) is 9.24. The van der Waals surface area contributed by atoms with Gasteiger partial charge in [0.05, 0.1) is 18.8 Å². The van der Waals surface area contributed by atoms with E-state index in [4.69, 9.17) is 9.47 Å². The lowest BCUT2D eigenvalue weighted by molar-refractivity contribution is -0.219. The predicted octanol–water partition coefficient (Wildman–Crippen LogP) is 0.368. The van der Waals surface area contributed by atoms with Crippen molar-refractivity contribution in [1.29, 1.82) is 0 Å². The summed E-state index contributed by atoms with van der Waals surface area (Å²) >= 11 is 0. The topological polar surface area (TPSA) is 76.8 Å². The molecule has 4 heterocycles. The highest BCUT2D eigenvalue weighted by Gasteiger charge is 2.56. The van der Waals surface area contributed by atoms with Crippen LogP contribution in [0.2, 0.25) is 0 Å². The summed E-state index contributed by atoms with van der Waals surface area (Å²) in [6.45, 7) is 2.88. The van der Waals surface area contributed by atoms with Gasteiger partial charge in [-0.05, 0) is 18.9 Å². The second kappa shape index (κ2) is 6.70. The minimum Gasteiger partial charge on any atom is -0.389 e. The summed E-state index contributed by atoms with van der Waals surface area (Å²) in [5.74, 6) is 0.125. The monoisotopic (exact) mass is 349 g/mol. The number of likely N-dealkylation sites (tertiary alicyclic amines) is 1. The van der Waals surface area contributed by atoms with Gasteiger partial charge in [0.2, 0.25) is 5.91 Å².